The molecule has 0 heterocycles. The van der Waals surface area contributed by atoms with Gasteiger partial charge in [0.05, 0.1) is 5.54 Å². The summed E-state index contributed by atoms with van der Waals surface area (Å²) in [6, 6.07) is 8.31. The van der Waals surface area contributed by atoms with Gasteiger partial charge in [0.2, 0.25) is 0 Å². The minimum absolute atomic E-state index is 0.0737. The predicted octanol–water partition coefficient (Wildman–Crippen LogP) is 3.77. The van der Waals surface area contributed by atoms with Crippen LogP contribution in [0.5, 0.6) is 0 Å². The number of nitrogens with two attached hydrogens (primary N) is 1. The molecule has 3 heteroatoms. The van der Waals surface area contributed by atoms with Crippen molar-refractivity contribution in [2.75, 3.05) is 11.9 Å². The Bertz CT molecular complexity index is 403. The quantitative estimate of drug-likeness (QED) is 0.891. The average molecular weight is 297 g/mol. The normalized spacial score (nSPS) is 27.1. The van der Waals surface area contributed by atoms with Crippen molar-refractivity contribution in [3.63, 3.8) is 0 Å². The molecule has 1 saturated carbocycles. The van der Waals surface area contributed by atoms with E-state index < -0.39 is 0 Å². The van der Waals surface area contributed by atoms with Crippen LogP contribution in [0.4, 0.5) is 5.69 Å². The van der Waals surface area contributed by atoms with Crippen LogP contribution in [0.3, 0.4) is 0 Å². The number of anilines is 1. The van der Waals surface area contributed by atoms with E-state index in [-0.39, 0.29) is 5.54 Å². The molecular weight excluding hydrogens is 276 g/mol. The molecule has 1 unspecified atom stereocenters. The lowest BCUT2D eigenvalue weighted by Crippen LogP contribution is -2.43. The number of benzene rings is 1. The van der Waals surface area contributed by atoms with Crippen molar-refractivity contribution in [1.82, 2.24) is 0 Å². The van der Waals surface area contributed by atoms with Gasteiger partial charge in [-0.2, -0.15) is 0 Å². The maximum absolute atomic E-state index is 6.00. The minimum atomic E-state index is 0.0737. The first-order valence-electron chi connectivity index (χ1n) is 6.19. The van der Waals surface area contributed by atoms with Gasteiger partial charge in [-0.05, 0) is 42.9 Å². The van der Waals surface area contributed by atoms with Gasteiger partial charge >= 0.3 is 0 Å². The summed E-state index contributed by atoms with van der Waals surface area (Å²) in [4.78, 5) is 0. The molecule has 1 aromatic rings. The van der Waals surface area contributed by atoms with Crippen LogP contribution in [0.15, 0.2) is 28.7 Å². The van der Waals surface area contributed by atoms with Crippen molar-refractivity contribution in [2.45, 2.75) is 38.6 Å². The highest BCUT2D eigenvalue weighted by Crippen LogP contribution is 2.44. The van der Waals surface area contributed by atoms with Crippen molar-refractivity contribution in [2.24, 2.45) is 11.1 Å². The monoisotopic (exact) mass is 296 g/mol. The fourth-order valence-corrected chi connectivity index (χ4v) is 3.27. The second kappa shape index (κ2) is 4.62. The summed E-state index contributed by atoms with van der Waals surface area (Å²) in [5.41, 5.74) is 7.63. The van der Waals surface area contributed by atoms with Crippen molar-refractivity contribution in [3.8, 4) is 0 Å². The lowest BCUT2D eigenvalue weighted by Gasteiger charge is -2.32. The summed E-state index contributed by atoms with van der Waals surface area (Å²) in [6.07, 6.45) is 3.54. The van der Waals surface area contributed by atoms with E-state index in [9.17, 15) is 0 Å². The Labute approximate surface area is 112 Å². The third kappa shape index (κ3) is 3.02. The molecule has 2 rings (SSSR count). The lowest BCUT2D eigenvalue weighted by atomic mass is 9.87. The number of halogens is 1. The number of nitrogens with one attached hydrogen (secondary N) is 1. The highest BCUT2D eigenvalue weighted by Gasteiger charge is 2.42. The van der Waals surface area contributed by atoms with Crippen LogP contribution in [-0.4, -0.2) is 12.1 Å². The van der Waals surface area contributed by atoms with Crippen LogP contribution >= 0.6 is 15.9 Å². The molecule has 3 N–H and O–H groups in total. The largest absolute Gasteiger partial charge is 0.378 e. The van der Waals surface area contributed by atoms with E-state index in [1.54, 1.807) is 0 Å². The molecule has 2 nitrogen and oxygen atoms in total. The maximum Gasteiger partial charge on any atom is 0.0501 e. The summed E-state index contributed by atoms with van der Waals surface area (Å²) in [6.45, 7) is 5.35. The second-order valence-corrected chi connectivity index (χ2v) is 6.88. The first-order valence-corrected chi connectivity index (χ1v) is 6.98. The molecule has 0 bridgehead atoms. The predicted molar refractivity (Wildman–Crippen MR) is 77.2 cm³/mol. The molecule has 1 fully saturated rings. The van der Waals surface area contributed by atoms with E-state index in [1.807, 2.05) is 6.07 Å². The molecule has 0 spiro atoms. The van der Waals surface area contributed by atoms with Gasteiger partial charge in [0.1, 0.15) is 0 Å². The maximum atomic E-state index is 6.00. The number of hydrogen-bond donors (Lipinski definition) is 2. The summed E-state index contributed by atoms with van der Waals surface area (Å²) in [5, 5.41) is 3.65. The molecular formula is C14H21BrN2. The summed E-state index contributed by atoms with van der Waals surface area (Å²) in [7, 11) is 0. The minimum Gasteiger partial charge on any atom is -0.378 e. The average Bonchev–Trinajstić information content (AvgIpc) is 2.55. The van der Waals surface area contributed by atoms with E-state index in [2.05, 4.69) is 53.3 Å². The Balaban J connectivity index is 2.16. The Morgan fingerprint density at radius 1 is 1.35 bits per heavy atom. The Morgan fingerprint density at radius 3 is 2.65 bits per heavy atom. The zero-order valence-electron chi connectivity index (χ0n) is 10.6. The van der Waals surface area contributed by atoms with Gasteiger partial charge in [0, 0.05) is 16.7 Å². The fourth-order valence-electron chi connectivity index (χ4n) is 2.87. The molecule has 0 radical (unpaired) electrons. The van der Waals surface area contributed by atoms with Crippen molar-refractivity contribution >= 4 is 21.6 Å². The zero-order chi connectivity index (χ0) is 12.5. The summed E-state index contributed by atoms with van der Waals surface area (Å²) < 4.78 is 1.10. The third-order valence-corrected chi connectivity index (χ3v) is 4.22. The standard InChI is InChI=1S/C14H21BrN2/c1-13(2)6-7-14(9-13,10-16)17-12-5-3-4-11(15)8-12/h3-5,8,17H,6-7,9-10,16H2,1-2H3. The van der Waals surface area contributed by atoms with Crippen molar-refractivity contribution in [3.05, 3.63) is 28.7 Å². The van der Waals surface area contributed by atoms with Crippen LogP contribution in [0.2, 0.25) is 0 Å². The summed E-state index contributed by atoms with van der Waals surface area (Å²) >= 11 is 3.50. The smallest absolute Gasteiger partial charge is 0.0501 e. The molecule has 0 aliphatic heterocycles. The number of rotatable bonds is 3. The van der Waals surface area contributed by atoms with E-state index in [1.165, 1.54) is 6.42 Å². The molecule has 1 aliphatic rings. The van der Waals surface area contributed by atoms with Crippen LogP contribution < -0.4 is 11.1 Å². The molecule has 94 valence electrons. The molecule has 1 atom stereocenters. The number of hydrogen-bond acceptors (Lipinski definition) is 2. The first kappa shape index (κ1) is 12.9. The van der Waals surface area contributed by atoms with E-state index in [0.29, 0.717) is 12.0 Å². The van der Waals surface area contributed by atoms with Crippen LogP contribution in [-0.2, 0) is 0 Å². The molecule has 1 aromatic carbocycles. The molecule has 17 heavy (non-hydrogen) atoms. The summed E-state index contributed by atoms with van der Waals surface area (Å²) in [5.74, 6) is 0. The van der Waals surface area contributed by atoms with Gasteiger partial charge < -0.3 is 11.1 Å². The molecule has 0 aromatic heterocycles. The SMILES string of the molecule is CC1(C)CCC(CN)(Nc2cccc(Br)c2)C1. The lowest BCUT2D eigenvalue weighted by molar-refractivity contribution is 0.351. The Hall–Kier alpha value is -0.540. The topological polar surface area (TPSA) is 38.0 Å². The van der Waals surface area contributed by atoms with E-state index in [4.69, 9.17) is 5.73 Å². The zero-order valence-corrected chi connectivity index (χ0v) is 12.2. The van der Waals surface area contributed by atoms with Gasteiger partial charge in [-0.25, -0.2) is 0 Å². The van der Waals surface area contributed by atoms with Crippen LogP contribution in [0.25, 0.3) is 0 Å². The second-order valence-electron chi connectivity index (χ2n) is 5.96. The third-order valence-electron chi connectivity index (χ3n) is 3.72. The van der Waals surface area contributed by atoms with E-state index >= 15 is 0 Å². The molecule has 1 aliphatic carbocycles. The molecule has 0 saturated heterocycles. The van der Waals surface area contributed by atoms with Gasteiger partial charge in [-0.15, -0.1) is 0 Å². The van der Waals surface area contributed by atoms with Crippen LogP contribution in [0.1, 0.15) is 33.1 Å². The van der Waals surface area contributed by atoms with Crippen LogP contribution in [0, 0.1) is 5.41 Å². The van der Waals surface area contributed by atoms with Crippen molar-refractivity contribution < 1.29 is 0 Å². The Kier molecular flexibility index (Phi) is 3.50. The van der Waals surface area contributed by atoms with Gasteiger partial charge in [-0.3, -0.25) is 0 Å². The van der Waals surface area contributed by atoms with E-state index in [0.717, 1.165) is 23.0 Å². The van der Waals surface area contributed by atoms with Gasteiger partial charge in [0.25, 0.3) is 0 Å². The fraction of sp³-hybridized carbons (Fsp3) is 0.571. The Morgan fingerprint density at radius 2 is 2.12 bits per heavy atom. The first-order chi connectivity index (χ1) is 7.95. The molecule has 0 amide bonds. The van der Waals surface area contributed by atoms with Crippen molar-refractivity contribution in [1.29, 1.82) is 0 Å². The van der Waals surface area contributed by atoms with Gasteiger partial charge in [-0.1, -0.05) is 35.8 Å². The van der Waals surface area contributed by atoms with Gasteiger partial charge in [0.15, 0.2) is 0 Å². The highest BCUT2D eigenvalue weighted by molar-refractivity contribution is 9.10. The highest BCUT2D eigenvalue weighted by atomic mass is 79.9.